The molecular formula is C7H8ClNO. The van der Waals surface area contributed by atoms with E-state index in [0.717, 1.165) is 5.03 Å². The normalized spacial score (nSPS) is 17.8. The lowest BCUT2D eigenvalue weighted by molar-refractivity contribution is 0.330. The number of aliphatic hydroxyl groups excluding tert-OH is 1. The SMILES string of the molecule is OCC1=CCC(Cl)=CC=N1. The summed E-state index contributed by atoms with van der Waals surface area (Å²) in [7, 11) is 0. The molecule has 0 aromatic rings. The van der Waals surface area contributed by atoms with Crippen molar-refractivity contribution < 1.29 is 5.11 Å². The number of nitrogens with zero attached hydrogens (tertiary/aromatic N) is 1. The fourth-order valence-corrected chi connectivity index (χ4v) is 0.789. The highest BCUT2D eigenvalue weighted by Gasteiger charge is 1.95. The largest absolute Gasteiger partial charge is 0.390 e. The number of allylic oxidation sites excluding steroid dienone is 3. The fourth-order valence-electron chi connectivity index (χ4n) is 0.655. The van der Waals surface area contributed by atoms with E-state index in [1.54, 1.807) is 12.3 Å². The summed E-state index contributed by atoms with van der Waals surface area (Å²) in [4.78, 5) is 3.92. The molecular weight excluding hydrogens is 150 g/mol. The van der Waals surface area contributed by atoms with Gasteiger partial charge in [0.05, 0.1) is 12.3 Å². The molecule has 1 N–H and O–H groups in total. The van der Waals surface area contributed by atoms with E-state index in [-0.39, 0.29) is 6.61 Å². The molecule has 0 saturated carbocycles. The van der Waals surface area contributed by atoms with Crippen LogP contribution in [0.15, 0.2) is 27.9 Å². The summed E-state index contributed by atoms with van der Waals surface area (Å²) in [6.45, 7) is -0.0193. The lowest BCUT2D eigenvalue weighted by Crippen LogP contribution is -1.84. The Morgan fingerprint density at radius 3 is 3.20 bits per heavy atom. The minimum absolute atomic E-state index is 0.0193. The van der Waals surface area contributed by atoms with Crippen LogP contribution < -0.4 is 0 Å². The van der Waals surface area contributed by atoms with Crippen molar-refractivity contribution in [3.8, 4) is 0 Å². The maximum Gasteiger partial charge on any atom is 0.0849 e. The maximum absolute atomic E-state index is 8.65. The van der Waals surface area contributed by atoms with Crippen LogP contribution in [0.2, 0.25) is 0 Å². The standard InChI is InChI=1S/C7H8ClNO/c8-6-1-2-7(5-10)9-4-3-6/h2-4,10H,1,5H2. The van der Waals surface area contributed by atoms with E-state index in [9.17, 15) is 0 Å². The van der Waals surface area contributed by atoms with Gasteiger partial charge in [-0.1, -0.05) is 17.7 Å². The number of aliphatic hydroxyl groups is 1. The monoisotopic (exact) mass is 157 g/mol. The summed E-state index contributed by atoms with van der Waals surface area (Å²) >= 11 is 5.69. The quantitative estimate of drug-likeness (QED) is 0.614. The second-order valence-electron chi connectivity index (χ2n) is 1.95. The molecule has 1 aliphatic heterocycles. The topological polar surface area (TPSA) is 32.6 Å². The molecule has 0 bridgehead atoms. The minimum Gasteiger partial charge on any atom is -0.390 e. The molecule has 0 amide bonds. The Bertz CT molecular complexity index is 206. The van der Waals surface area contributed by atoms with Crippen LogP contribution in [0.25, 0.3) is 0 Å². The molecule has 3 heteroatoms. The van der Waals surface area contributed by atoms with Crippen molar-refractivity contribution >= 4 is 17.8 Å². The molecule has 0 aromatic heterocycles. The van der Waals surface area contributed by atoms with E-state index in [1.807, 2.05) is 6.08 Å². The van der Waals surface area contributed by atoms with E-state index in [2.05, 4.69) is 4.99 Å². The molecule has 1 heterocycles. The molecule has 0 radical (unpaired) electrons. The first-order valence-corrected chi connectivity index (χ1v) is 3.39. The predicted molar refractivity (Wildman–Crippen MR) is 42.2 cm³/mol. The summed E-state index contributed by atoms with van der Waals surface area (Å²) in [5.74, 6) is 0. The first-order valence-electron chi connectivity index (χ1n) is 3.01. The van der Waals surface area contributed by atoms with E-state index < -0.39 is 0 Å². The van der Waals surface area contributed by atoms with Crippen LogP contribution in [-0.2, 0) is 0 Å². The fraction of sp³-hybridized carbons (Fsp3) is 0.286. The minimum atomic E-state index is -0.0193. The number of rotatable bonds is 1. The summed E-state index contributed by atoms with van der Waals surface area (Å²) in [6, 6.07) is 0. The van der Waals surface area contributed by atoms with Gasteiger partial charge in [0.25, 0.3) is 0 Å². The zero-order valence-corrected chi connectivity index (χ0v) is 6.17. The summed E-state index contributed by atoms with van der Waals surface area (Å²) in [5, 5.41) is 9.40. The van der Waals surface area contributed by atoms with Crippen LogP contribution in [0.1, 0.15) is 6.42 Å². The van der Waals surface area contributed by atoms with Gasteiger partial charge in [0.1, 0.15) is 0 Å². The van der Waals surface area contributed by atoms with Crippen molar-refractivity contribution in [2.24, 2.45) is 4.99 Å². The van der Waals surface area contributed by atoms with Gasteiger partial charge in [-0.3, -0.25) is 4.99 Å². The summed E-state index contributed by atoms with van der Waals surface area (Å²) in [5.41, 5.74) is 0.673. The van der Waals surface area contributed by atoms with E-state index in [4.69, 9.17) is 16.7 Å². The van der Waals surface area contributed by atoms with Crippen LogP contribution in [-0.4, -0.2) is 17.9 Å². The molecule has 2 nitrogen and oxygen atoms in total. The second kappa shape index (κ2) is 3.54. The van der Waals surface area contributed by atoms with Crippen molar-refractivity contribution in [1.82, 2.24) is 0 Å². The van der Waals surface area contributed by atoms with Gasteiger partial charge in [-0.05, 0) is 6.08 Å². The lowest BCUT2D eigenvalue weighted by Gasteiger charge is -1.91. The van der Waals surface area contributed by atoms with Crippen LogP contribution in [0.5, 0.6) is 0 Å². The number of hydrogen-bond acceptors (Lipinski definition) is 2. The highest BCUT2D eigenvalue weighted by atomic mass is 35.5. The van der Waals surface area contributed by atoms with Crippen LogP contribution in [0, 0.1) is 0 Å². The predicted octanol–water partition coefficient (Wildman–Crippen LogP) is 1.46. The average Bonchev–Trinajstić information content (AvgIpc) is 2.14. The second-order valence-corrected chi connectivity index (χ2v) is 2.43. The Kier molecular flexibility index (Phi) is 2.66. The van der Waals surface area contributed by atoms with E-state index >= 15 is 0 Å². The van der Waals surface area contributed by atoms with Crippen molar-refractivity contribution in [3.63, 3.8) is 0 Å². The van der Waals surface area contributed by atoms with Gasteiger partial charge in [-0.2, -0.15) is 0 Å². The third-order valence-electron chi connectivity index (χ3n) is 1.19. The zero-order chi connectivity index (χ0) is 7.40. The molecule has 0 fully saturated rings. The molecule has 0 spiro atoms. The first kappa shape index (κ1) is 7.51. The molecule has 0 saturated heterocycles. The Hall–Kier alpha value is -0.600. The van der Waals surface area contributed by atoms with Gasteiger partial charge in [0.2, 0.25) is 0 Å². The van der Waals surface area contributed by atoms with Crippen LogP contribution in [0.3, 0.4) is 0 Å². The zero-order valence-electron chi connectivity index (χ0n) is 5.42. The summed E-state index contributed by atoms with van der Waals surface area (Å²) < 4.78 is 0. The molecule has 0 aromatic carbocycles. The number of aliphatic imine (C=N–C) groups is 1. The molecule has 0 atom stereocenters. The average molecular weight is 158 g/mol. The summed E-state index contributed by atoms with van der Waals surface area (Å²) in [6.07, 6.45) is 5.79. The van der Waals surface area contributed by atoms with Crippen molar-refractivity contribution in [2.75, 3.05) is 6.61 Å². The van der Waals surface area contributed by atoms with Crippen LogP contribution in [0.4, 0.5) is 0 Å². The number of halogens is 1. The smallest absolute Gasteiger partial charge is 0.0849 e. The van der Waals surface area contributed by atoms with Gasteiger partial charge in [0, 0.05) is 17.7 Å². The van der Waals surface area contributed by atoms with Crippen LogP contribution >= 0.6 is 11.6 Å². The lowest BCUT2D eigenvalue weighted by atomic mass is 10.3. The Labute approximate surface area is 64.5 Å². The molecule has 1 rings (SSSR count). The molecule has 0 aliphatic carbocycles. The molecule has 10 heavy (non-hydrogen) atoms. The van der Waals surface area contributed by atoms with Gasteiger partial charge >= 0.3 is 0 Å². The van der Waals surface area contributed by atoms with Crippen molar-refractivity contribution in [3.05, 3.63) is 22.9 Å². The Morgan fingerprint density at radius 2 is 2.50 bits per heavy atom. The highest BCUT2D eigenvalue weighted by Crippen LogP contribution is 2.12. The van der Waals surface area contributed by atoms with Crippen molar-refractivity contribution in [1.29, 1.82) is 0 Å². The Balaban J connectivity index is 2.69. The molecule has 1 aliphatic rings. The highest BCUT2D eigenvalue weighted by molar-refractivity contribution is 6.30. The first-order chi connectivity index (χ1) is 4.83. The van der Waals surface area contributed by atoms with E-state index in [1.165, 1.54) is 0 Å². The van der Waals surface area contributed by atoms with Gasteiger partial charge in [-0.15, -0.1) is 0 Å². The van der Waals surface area contributed by atoms with Crippen molar-refractivity contribution in [2.45, 2.75) is 6.42 Å². The number of hydrogen-bond donors (Lipinski definition) is 1. The molecule has 0 unspecified atom stereocenters. The third kappa shape index (κ3) is 1.97. The van der Waals surface area contributed by atoms with Gasteiger partial charge < -0.3 is 5.11 Å². The maximum atomic E-state index is 8.65. The Morgan fingerprint density at radius 1 is 1.70 bits per heavy atom. The molecule has 54 valence electrons. The van der Waals surface area contributed by atoms with Gasteiger partial charge in [0.15, 0.2) is 0 Å². The third-order valence-corrected chi connectivity index (χ3v) is 1.47. The van der Waals surface area contributed by atoms with Gasteiger partial charge in [-0.25, -0.2) is 0 Å². The van der Waals surface area contributed by atoms with E-state index in [0.29, 0.717) is 12.1 Å².